The van der Waals surface area contributed by atoms with E-state index < -0.39 is 11.8 Å². The number of rotatable bonds is 7. The van der Waals surface area contributed by atoms with Gasteiger partial charge in [-0.2, -0.15) is 0 Å². The number of carbonyl (C=O) groups is 1. The molecule has 0 aliphatic rings. The number of pyridine rings is 1. The Morgan fingerprint density at radius 2 is 1.69 bits per heavy atom. The smallest absolute Gasteiger partial charge is 0.338 e. The molecule has 4 aromatic rings. The molecule has 0 radical (unpaired) electrons. The highest BCUT2D eigenvalue weighted by Gasteiger charge is 2.21. The molecule has 0 saturated heterocycles. The summed E-state index contributed by atoms with van der Waals surface area (Å²) < 4.78 is 15.7. The van der Waals surface area contributed by atoms with Gasteiger partial charge < -0.3 is 14.9 Å². The second kappa shape index (κ2) is 10.4. The van der Waals surface area contributed by atoms with E-state index in [2.05, 4.69) is 5.16 Å². The molecular formula is C29H25FN2O4. The lowest BCUT2D eigenvalue weighted by atomic mass is 9.83. The van der Waals surface area contributed by atoms with Gasteiger partial charge in [-0.15, -0.1) is 0 Å². The molecule has 0 amide bonds. The summed E-state index contributed by atoms with van der Waals surface area (Å²) in [6, 6.07) is 22.7. The van der Waals surface area contributed by atoms with E-state index in [0.717, 1.165) is 22.3 Å². The second-order valence-electron chi connectivity index (χ2n) is 8.65. The van der Waals surface area contributed by atoms with Crippen molar-refractivity contribution in [3.8, 4) is 11.1 Å². The number of carboxylic acid groups (broad SMARTS) is 1. The first-order valence-corrected chi connectivity index (χ1v) is 11.3. The first-order valence-electron chi connectivity index (χ1n) is 11.3. The number of hydrogen-bond acceptors (Lipinski definition) is 4. The largest absolute Gasteiger partial charge is 0.478 e. The van der Waals surface area contributed by atoms with Crippen LogP contribution >= 0.6 is 0 Å². The molecule has 2 N–H and O–H groups in total. The Bertz CT molecular complexity index is 1510. The molecule has 0 bridgehead atoms. The maximum absolute atomic E-state index is 14.2. The van der Waals surface area contributed by atoms with Crippen molar-refractivity contribution in [2.75, 3.05) is 0 Å². The minimum Gasteiger partial charge on any atom is -0.478 e. The molecule has 1 atom stereocenters. The number of halogens is 1. The molecule has 0 aliphatic heterocycles. The highest BCUT2D eigenvalue weighted by atomic mass is 19.1. The van der Waals surface area contributed by atoms with E-state index in [0.29, 0.717) is 23.3 Å². The van der Waals surface area contributed by atoms with Crippen LogP contribution < -0.4 is 5.56 Å². The first kappa shape index (κ1) is 24.6. The van der Waals surface area contributed by atoms with Gasteiger partial charge in [0.15, 0.2) is 0 Å². The van der Waals surface area contributed by atoms with Crippen LogP contribution in [0.4, 0.5) is 4.39 Å². The van der Waals surface area contributed by atoms with Crippen LogP contribution in [-0.2, 0) is 7.05 Å². The number of aromatic carboxylic acids is 1. The van der Waals surface area contributed by atoms with Crippen molar-refractivity contribution in [1.82, 2.24) is 4.57 Å². The van der Waals surface area contributed by atoms with Crippen LogP contribution in [0, 0.1) is 12.7 Å². The molecule has 3 aromatic carbocycles. The van der Waals surface area contributed by atoms with Crippen LogP contribution in [0.5, 0.6) is 0 Å². The van der Waals surface area contributed by atoms with Crippen molar-refractivity contribution < 1.29 is 19.5 Å². The van der Waals surface area contributed by atoms with Gasteiger partial charge in [-0.1, -0.05) is 59.8 Å². The SMILES string of the molecule is Cc1ccccc1C(C/C(=N\O)c1ccc(=O)n(C)c1)c1ccc(-c2ccc(C(=O)O)c(F)c2)cc1. The molecule has 36 heavy (non-hydrogen) atoms. The van der Waals surface area contributed by atoms with Gasteiger partial charge in [-0.25, -0.2) is 9.18 Å². The van der Waals surface area contributed by atoms with E-state index in [-0.39, 0.29) is 17.0 Å². The average Bonchev–Trinajstić information content (AvgIpc) is 2.87. The van der Waals surface area contributed by atoms with E-state index in [1.165, 1.54) is 22.8 Å². The van der Waals surface area contributed by atoms with Gasteiger partial charge >= 0.3 is 5.97 Å². The van der Waals surface area contributed by atoms with Gasteiger partial charge in [0.05, 0.1) is 11.3 Å². The van der Waals surface area contributed by atoms with Crippen molar-refractivity contribution in [3.63, 3.8) is 0 Å². The van der Waals surface area contributed by atoms with E-state index in [1.807, 2.05) is 55.5 Å². The predicted octanol–water partition coefficient (Wildman–Crippen LogP) is 5.60. The van der Waals surface area contributed by atoms with Crippen molar-refractivity contribution in [1.29, 1.82) is 0 Å². The first-order chi connectivity index (χ1) is 17.3. The Hall–Kier alpha value is -4.52. The zero-order valence-corrected chi connectivity index (χ0v) is 19.9. The lowest BCUT2D eigenvalue weighted by Crippen LogP contribution is -2.18. The standard InChI is InChI=1S/C29H25FN2O4/c1-18-5-3-4-6-23(18)25(16-27(31-36)22-12-14-28(33)32(2)17-22)20-9-7-19(8-10-20)21-11-13-24(29(34)35)26(30)15-21/h3-15,17,25,36H,16H2,1-2H3,(H,34,35)/b31-27+. The molecule has 1 aromatic heterocycles. The van der Waals surface area contributed by atoms with Crippen LogP contribution in [0.3, 0.4) is 0 Å². The number of hydrogen-bond donors (Lipinski definition) is 2. The zero-order chi connectivity index (χ0) is 25.8. The van der Waals surface area contributed by atoms with Gasteiger partial charge in [0.25, 0.3) is 0 Å². The third kappa shape index (κ3) is 5.10. The maximum atomic E-state index is 14.2. The quantitative estimate of drug-likeness (QED) is 0.203. The Balaban J connectivity index is 1.72. The Labute approximate surface area is 207 Å². The highest BCUT2D eigenvalue weighted by molar-refractivity contribution is 6.00. The summed E-state index contributed by atoms with van der Waals surface area (Å²) in [6.07, 6.45) is 2.02. The molecule has 1 heterocycles. The summed E-state index contributed by atoms with van der Waals surface area (Å²) >= 11 is 0. The monoisotopic (exact) mass is 484 g/mol. The van der Waals surface area contributed by atoms with E-state index in [1.54, 1.807) is 25.4 Å². The molecule has 0 spiro atoms. The van der Waals surface area contributed by atoms with Gasteiger partial charge in [-0.3, -0.25) is 4.79 Å². The van der Waals surface area contributed by atoms with Crippen molar-refractivity contribution in [3.05, 3.63) is 129 Å². The molecule has 7 heteroatoms. The molecular weight excluding hydrogens is 459 g/mol. The molecule has 0 aliphatic carbocycles. The third-order valence-electron chi connectivity index (χ3n) is 6.35. The van der Waals surface area contributed by atoms with Crippen LogP contribution in [0.1, 0.15) is 45.0 Å². The predicted molar refractivity (Wildman–Crippen MR) is 136 cm³/mol. The second-order valence-corrected chi connectivity index (χ2v) is 8.65. The molecule has 4 rings (SSSR count). The molecule has 0 fully saturated rings. The Morgan fingerprint density at radius 1 is 1.00 bits per heavy atom. The number of aryl methyl sites for hydroxylation is 2. The summed E-state index contributed by atoms with van der Waals surface area (Å²) in [4.78, 5) is 22.9. The van der Waals surface area contributed by atoms with Gasteiger partial charge in [0, 0.05) is 37.2 Å². The Kier molecular flexibility index (Phi) is 7.10. The molecule has 0 saturated carbocycles. The van der Waals surface area contributed by atoms with Gasteiger partial charge in [0.1, 0.15) is 5.82 Å². The highest BCUT2D eigenvalue weighted by Crippen LogP contribution is 2.33. The van der Waals surface area contributed by atoms with E-state index >= 15 is 0 Å². The number of nitrogens with zero attached hydrogens (tertiary/aromatic N) is 2. The summed E-state index contributed by atoms with van der Waals surface area (Å²) in [5.41, 5.74) is 4.97. The Morgan fingerprint density at radius 3 is 2.31 bits per heavy atom. The third-order valence-corrected chi connectivity index (χ3v) is 6.35. The topological polar surface area (TPSA) is 91.9 Å². The van der Waals surface area contributed by atoms with Crippen LogP contribution in [0.25, 0.3) is 11.1 Å². The van der Waals surface area contributed by atoms with Crippen molar-refractivity contribution in [2.24, 2.45) is 12.2 Å². The number of carboxylic acids is 1. The van der Waals surface area contributed by atoms with Gasteiger partial charge in [0.2, 0.25) is 5.56 Å². The minimum absolute atomic E-state index is 0.157. The van der Waals surface area contributed by atoms with Crippen LogP contribution in [0.15, 0.2) is 95.0 Å². The fraction of sp³-hybridized carbons (Fsp3) is 0.138. The van der Waals surface area contributed by atoms with E-state index in [4.69, 9.17) is 5.11 Å². The lowest BCUT2D eigenvalue weighted by molar-refractivity contribution is 0.0692. The lowest BCUT2D eigenvalue weighted by Gasteiger charge is -2.21. The van der Waals surface area contributed by atoms with Crippen molar-refractivity contribution >= 4 is 11.7 Å². The van der Waals surface area contributed by atoms with Crippen LogP contribution in [-0.4, -0.2) is 26.6 Å². The minimum atomic E-state index is -1.31. The summed E-state index contributed by atoms with van der Waals surface area (Å²) in [5.74, 6) is -2.26. The summed E-state index contributed by atoms with van der Waals surface area (Å²) in [5, 5.41) is 22.5. The average molecular weight is 485 g/mol. The summed E-state index contributed by atoms with van der Waals surface area (Å²) in [7, 11) is 1.64. The fourth-order valence-electron chi connectivity index (χ4n) is 4.34. The number of oxime groups is 1. The fourth-order valence-corrected chi connectivity index (χ4v) is 4.34. The van der Waals surface area contributed by atoms with E-state index in [9.17, 15) is 19.2 Å². The number of benzene rings is 3. The summed E-state index contributed by atoms with van der Waals surface area (Å²) in [6.45, 7) is 2.02. The maximum Gasteiger partial charge on any atom is 0.338 e. The number of aromatic nitrogens is 1. The van der Waals surface area contributed by atoms with Crippen molar-refractivity contribution in [2.45, 2.75) is 19.3 Å². The van der Waals surface area contributed by atoms with Gasteiger partial charge in [-0.05, 0) is 52.9 Å². The van der Waals surface area contributed by atoms with Crippen LogP contribution in [0.2, 0.25) is 0 Å². The molecule has 6 nitrogen and oxygen atoms in total. The normalized spacial score (nSPS) is 12.4. The molecule has 182 valence electrons. The molecule has 1 unspecified atom stereocenters. The zero-order valence-electron chi connectivity index (χ0n) is 19.9.